The maximum Gasteiger partial charge on any atom is 0.364 e. The Labute approximate surface area is 680 Å². The molecule has 4 N–H and O–H groups in total. The zero-order chi connectivity index (χ0) is 83.1. The topological polar surface area (TPSA) is 296 Å². The number of rotatable bonds is 16. The summed E-state index contributed by atoms with van der Waals surface area (Å²) in [4.78, 5) is 46.8. The van der Waals surface area contributed by atoms with E-state index in [2.05, 4.69) is 159 Å². The van der Waals surface area contributed by atoms with E-state index in [0.29, 0.717) is 46.8 Å². The number of Topliss-reactive ketones (excluding diaryl/α,β-unsaturated/α-hetero) is 1. The van der Waals surface area contributed by atoms with Crippen LogP contribution in [-0.2, 0) is 81.6 Å². The average molecular weight is 1580 g/mol. The number of carbonyl (C=O) groups excluding carboxylic acids is 3. The van der Waals surface area contributed by atoms with Gasteiger partial charge in [0.1, 0.15) is 40.2 Å². The number of aromatic carboxylic acids is 1. The van der Waals surface area contributed by atoms with Gasteiger partial charge in [0.2, 0.25) is 17.1 Å². The Morgan fingerprint density at radius 3 is 1.24 bits per heavy atom. The van der Waals surface area contributed by atoms with Crippen LogP contribution >= 0.6 is 0 Å². The molecule has 0 saturated carbocycles. The van der Waals surface area contributed by atoms with Crippen LogP contribution in [0.1, 0.15) is 269 Å². The lowest BCUT2D eigenvalue weighted by molar-refractivity contribution is 0.0506. The highest BCUT2D eigenvalue weighted by Crippen LogP contribution is 2.44. The van der Waals surface area contributed by atoms with Crippen LogP contribution < -0.4 is 28.4 Å². The number of benzene rings is 7. The molecule has 16 rings (SSSR count). The number of aromatic hydroxyl groups is 1. The normalized spacial score (nSPS) is 16.2. The monoisotopic (exact) mass is 1580 g/mol. The number of carbonyl (C=O) groups is 4. The van der Waals surface area contributed by atoms with Crippen LogP contribution in [-0.4, -0.2) is 114 Å². The molecule has 6 aliphatic rings. The minimum absolute atomic E-state index is 0.0162. The molecule has 614 valence electrons. The molecule has 0 amide bonds. The van der Waals surface area contributed by atoms with Gasteiger partial charge in [-0.25, -0.2) is 29.3 Å². The van der Waals surface area contributed by atoms with Gasteiger partial charge in [0.25, 0.3) is 17.6 Å². The van der Waals surface area contributed by atoms with E-state index < -0.39 is 17.9 Å². The van der Waals surface area contributed by atoms with Crippen molar-refractivity contribution >= 4 is 23.7 Å². The number of hydrogen-bond acceptors (Lipinski definition) is 19. The maximum atomic E-state index is 12.5. The van der Waals surface area contributed by atoms with Gasteiger partial charge in [-0.05, 0) is 308 Å². The Hall–Kier alpha value is -11.4. The lowest BCUT2D eigenvalue weighted by atomic mass is 9.73. The second kappa shape index (κ2) is 37.5. The summed E-state index contributed by atoms with van der Waals surface area (Å²) in [5, 5.41) is 46.0. The molecular weight excluding hydrogens is 1470 g/mol. The number of methoxy groups -OCH3 is 3. The second-order valence-electron chi connectivity index (χ2n) is 33.6. The van der Waals surface area contributed by atoms with Gasteiger partial charge in [0, 0.05) is 12.0 Å². The molecule has 0 saturated heterocycles. The molecule has 0 radical (unpaired) electrons. The number of phenols is 1. The van der Waals surface area contributed by atoms with Crippen molar-refractivity contribution in [3.8, 4) is 57.9 Å². The van der Waals surface area contributed by atoms with E-state index >= 15 is 0 Å². The fraction of sp³-hybridized carbons (Fsp3) is 0.441. The summed E-state index contributed by atoms with van der Waals surface area (Å²) in [5.74, 6) is 3.34. The van der Waals surface area contributed by atoms with E-state index in [1.165, 1.54) is 113 Å². The third-order valence-electron chi connectivity index (χ3n) is 23.0. The van der Waals surface area contributed by atoms with Crippen molar-refractivity contribution < 1.29 is 67.3 Å². The summed E-state index contributed by atoms with van der Waals surface area (Å²) in [6.07, 6.45) is 20.1. The molecule has 23 heteroatoms. The van der Waals surface area contributed by atoms with Gasteiger partial charge in [0.05, 0.1) is 41.1 Å². The molecule has 0 fully saturated rings. The van der Waals surface area contributed by atoms with Gasteiger partial charge in [-0.1, -0.05) is 138 Å². The minimum Gasteiger partial charge on any atom is -0.508 e. The number of ether oxygens (including phenoxy) is 8. The quantitative estimate of drug-likeness (QED) is 0.0653. The zero-order valence-corrected chi connectivity index (χ0v) is 70.0. The molecule has 7 aromatic carbocycles. The summed E-state index contributed by atoms with van der Waals surface area (Å²) in [6.45, 7) is 27.2. The standard InChI is InChI=1S/C25H29N3O4.C17H21N3O3.C15H17N3O3.C13H18O.C12H16O.C11H12O2/c1-5-31-24(29)22-23(28(27-26-22)16-17-8-10-19(30-4)11-9-17)32-20-12-13-21-18(15-20)7-6-14-25(21,2)3;1-4-22-16(21)14-15(19-20-18-14)23-12-7-8-13-11(10-12)6-5-9-17(13,2)3;1-15(2)7-3-4-9-8-10(5-6-11(9)15)21-13-12(14(19)20)16-18-17-13;1-13(2)8-4-5-10-9-11(14-3)6-7-12(10)13;1-12(2)7-3-4-9-8-10(13)5-6-11(9)12;1-13-9-5-6-10-8(7-9)3-2-4-11(10)12/h8-13,15H,5-7,14,16H2,1-4H3;7-8,10H,4-6,9H2,1-3H3,(H,18,19,20);5-6,8H,3-4,7H2,1-2H3,(H,19,20)(H,16,17,18);6-7,9H,4-5,8H2,1-3H3;5-6,8,13H,3-4,7H2,1-2H3;5-7H,2-4H2,1H3. The Bertz CT molecular complexity index is 5090. The van der Waals surface area contributed by atoms with Crippen molar-refractivity contribution in [2.45, 2.75) is 232 Å². The number of ketones is 1. The highest BCUT2D eigenvalue weighted by molar-refractivity contribution is 5.98. The van der Waals surface area contributed by atoms with Crippen LogP contribution in [0.2, 0.25) is 0 Å². The molecule has 3 heterocycles. The van der Waals surface area contributed by atoms with Crippen molar-refractivity contribution in [3.63, 3.8) is 0 Å². The van der Waals surface area contributed by atoms with Crippen LogP contribution in [0.3, 0.4) is 0 Å². The number of hydrogen-bond donors (Lipinski definition) is 4. The number of H-pyrrole nitrogens is 2. The average Bonchev–Trinajstić information content (AvgIpc) is 1.36. The van der Waals surface area contributed by atoms with Crippen LogP contribution in [0.4, 0.5) is 0 Å². The van der Waals surface area contributed by atoms with Gasteiger partial charge in [-0.15, -0.1) is 5.10 Å². The summed E-state index contributed by atoms with van der Waals surface area (Å²) in [5.41, 5.74) is 17.8. The SMILES string of the molecule is CC1(C)CCCc2cc(O)ccc21.CC1(C)CCCc2cc(Oc3nn[nH]c3C(=O)O)ccc21.CCOC(=O)c1[nH]nnc1Oc1ccc2c(c1)CCCC2(C)C.CCOC(=O)c1nnn(Cc2ccc(OC)cc2)c1Oc1ccc2c(c1)CCCC2(C)C.COc1ccc2c(c1)CCCC2(C)C.COc1ccc2c(c1)CCCC2=O. The van der Waals surface area contributed by atoms with Gasteiger partial charge in [-0.2, -0.15) is 0 Å². The third kappa shape index (κ3) is 21.0. The van der Waals surface area contributed by atoms with Crippen molar-refractivity contribution in [2.75, 3.05) is 34.5 Å². The molecule has 116 heavy (non-hydrogen) atoms. The Morgan fingerprint density at radius 2 is 0.793 bits per heavy atom. The second-order valence-corrected chi connectivity index (χ2v) is 33.6. The molecule has 6 aliphatic carbocycles. The van der Waals surface area contributed by atoms with E-state index in [1.807, 2.05) is 78.9 Å². The largest absolute Gasteiger partial charge is 0.508 e. The van der Waals surface area contributed by atoms with Crippen LogP contribution in [0.5, 0.6) is 57.9 Å². The van der Waals surface area contributed by atoms with Gasteiger partial charge >= 0.3 is 17.9 Å². The first kappa shape index (κ1) is 85.5. The molecule has 0 atom stereocenters. The number of aryl methyl sites for hydroxylation is 6. The van der Waals surface area contributed by atoms with Crippen LogP contribution in [0.25, 0.3) is 0 Å². The predicted molar refractivity (Wildman–Crippen MR) is 444 cm³/mol. The minimum atomic E-state index is -1.14. The first-order valence-electron chi connectivity index (χ1n) is 40.5. The number of carboxylic acids is 1. The molecule has 10 aromatic rings. The Kier molecular flexibility index (Phi) is 27.6. The number of phenolic OH excluding ortho intramolecular Hbond substituents is 1. The van der Waals surface area contributed by atoms with Crippen molar-refractivity contribution in [2.24, 2.45) is 0 Å². The maximum absolute atomic E-state index is 12.5. The summed E-state index contributed by atoms with van der Waals surface area (Å²) >= 11 is 0. The lowest BCUT2D eigenvalue weighted by Gasteiger charge is -2.32. The van der Waals surface area contributed by atoms with Crippen molar-refractivity contribution in [1.82, 2.24) is 45.8 Å². The zero-order valence-electron chi connectivity index (χ0n) is 70.0. The van der Waals surface area contributed by atoms with Gasteiger partial charge in [0.15, 0.2) is 5.78 Å². The number of aromatic nitrogens is 9. The van der Waals surface area contributed by atoms with E-state index in [0.717, 1.165) is 85.3 Å². The number of nitrogens with one attached hydrogen (secondary N) is 2. The van der Waals surface area contributed by atoms with E-state index in [-0.39, 0.29) is 70.0 Å². The number of esters is 2. The molecule has 0 aliphatic heterocycles. The molecule has 23 nitrogen and oxygen atoms in total. The van der Waals surface area contributed by atoms with Crippen molar-refractivity contribution in [3.05, 3.63) is 223 Å². The molecule has 3 aromatic heterocycles. The number of fused-ring (bicyclic) bond motifs is 6. The smallest absolute Gasteiger partial charge is 0.364 e. The van der Waals surface area contributed by atoms with Crippen LogP contribution in [0, 0.1) is 0 Å². The van der Waals surface area contributed by atoms with Gasteiger partial charge in [-0.3, -0.25) is 4.79 Å². The summed E-state index contributed by atoms with van der Waals surface area (Å²) in [7, 11) is 5.01. The fourth-order valence-corrected chi connectivity index (χ4v) is 16.7. The Morgan fingerprint density at radius 1 is 0.422 bits per heavy atom. The summed E-state index contributed by atoms with van der Waals surface area (Å²) < 4.78 is 44.8. The summed E-state index contributed by atoms with van der Waals surface area (Å²) in [6, 6.07) is 43.7. The molecule has 0 bridgehead atoms. The number of carboxylic acid groups (broad SMARTS) is 1. The molecule has 0 spiro atoms. The molecule has 0 unspecified atom stereocenters. The Balaban J connectivity index is 0.000000141. The van der Waals surface area contributed by atoms with E-state index in [1.54, 1.807) is 45.9 Å². The number of nitrogens with zero attached hydrogens (tertiary/aromatic N) is 7. The van der Waals surface area contributed by atoms with E-state index in [4.69, 9.17) is 43.0 Å². The van der Waals surface area contributed by atoms with E-state index in [9.17, 15) is 24.3 Å². The lowest BCUT2D eigenvalue weighted by Crippen LogP contribution is -2.23. The number of aromatic amines is 2. The van der Waals surface area contributed by atoms with Gasteiger partial charge < -0.3 is 48.1 Å². The third-order valence-corrected chi connectivity index (χ3v) is 23.0. The first-order valence-corrected chi connectivity index (χ1v) is 40.5. The highest BCUT2D eigenvalue weighted by Gasteiger charge is 2.34. The van der Waals surface area contributed by atoms with Crippen molar-refractivity contribution in [1.29, 1.82) is 0 Å². The van der Waals surface area contributed by atoms with Crippen LogP contribution in [0.15, 0.2) is 133 Å². The molecular formula is C93H113N9O14. The predicted octanol–water partition coefficient (Wildman–Crippen LogP) is 19.7. The first-order chi connectivity index (χ1) is 55.4. The highest BCUT2D eigenvalue weighted by atomic mass is 16.5. The fourth-order valence-electron chi connectivity index (χ4n) is 16.7.